The number of aromatic amines is 1. The molecular weight excluding hydrogens is 316 g/mol. The normalized spacial score (nSPS) is 11.0. The number of hydrogen-bond donors (Lipinski definition) is 2. The van der Waals surface area contributed by atoms with Gasteiger partial charge in [0.25, 0.3) is 5.56 Å². The first-order valence-electron chi connectivity index (χ1n) is 7.79. The Bertz CT molecular complexity index is 976. The maximum atomic E-state index is 12.4. The minimum Gasteiger partial charge on any atom is -0.504 e. The number of nitrogens with zero attached hydrogens (tertiary/aromatic N) is 1. The zero-order valence-electron chi connectivity index (χ0n) is 14.0. The van der Waals surface area contributed by atoms with Crippen LogP contribution in [0.3, 0.4) is 0 Å². The Hall–Kier alpha value is -3.34. The van der Waals surface area contributed by atoms with Gasteiger partial charge in [-0.25, -0.2) is 4.99 Å². The van der Waals surface area contributed by atoms with Crippen LogP contribution in [0.25, 0.3) is 11.1 Å². The lowest BCUT2D eigenvalue weighted by molar-refractivity contribution is 0.373. The summed E-state index contributed by atoms with van der Waals surface area (Å²) in [7, 11) is 1.48. The Labute approximate surface area is 145 Å². The third kappa shape index (κ3) is 3.61. The Kier molecular flexibility index (Phi) is 4.66. The Morgan fingerprint density at radius 1 is 1.12 bits per heavy atom. The fourth-order valence-electron chi connectivity index (χ4n) is 2.56. The van der Waals surface area contributed by atoms with Crippen LogP contribution in [0.4, 0.5) is 5.69 Å². The maximum absolute atomic E-state index is 12.4. The number of pyridine rings is 1. The number of aromatic nitrogens is 1. The molecule has 3 rings (SSSR count). The zero-order chi connectivity index (χ0) is 17.8. The second-order valence-electron chi connectivity index (χ2n) is 5.60. The highest BCUT2D eigenvalue weighted by Gasteiger charge is 2.09. The molecule has 0 unspecified atom stereocenters. The topological polar surface area (TPSA) is 74.7 Å². The zero-order valence-corrected chi connectivity index (χ0v) is 14.0. The molecule has 0 radical (unpaired) electrons. The predicted molar refractivity (Wildman–Crippen MR) is 99.1 cm³/mol. The summed E-state index contributed by atoms with van der Waals surface area (Å²) < 4.78 is 5.09. The number of rotatable bonds is 4. The van der Waals surface area contributed by atoms with Gasteiger partial charge in [0, 0.05) is 17.5 Å². The van der Waals surface area contributed by atoms with Crippen molar-refractivity contribution in [3.63, 3.8) is 0 Å². The van der Waals surface area contributed by atoms with Gasteiger partial charge in [-0.15, -0.1) is 0 Å². The van der Waals surface area contributed by atoms with Gasteiger partial charge in [0.2, 0.25) is 0 Å². The molecule has 0 spiro atoms. The first kappa shape index (κ1) is 16.5. The van der Waals surface area contributed by atoms with E-state index in [1.807, 2.05) is 43.3 Å². The van der Waals surface area contributed by atoms with Crippen molar-refractivity contribution in [1.82, 2.24) is 4.98 Å². The van der Waals surface area contributed by atoms with E-state index in [2.05, 4.69) is 9.98 Å². The lowest BCUT2D eigenvalue weighted by Gasteiger charge is -2.07. The second-order valence-corrected chi connectivity index (χ2v) is 5.60. The van der Waals surface area contributed by atoms with E-state index >= 15 is 0 Å². The van der Waals surface area contributed by atoms with E-state index in [-0.39, 0.29) is 11.3 Å². The summed E-state index contributed by atoms with van der Waals surface area (Å²) in [4.78, 5) is 19.6. The van der Waals surface area contributed by atoms with E-state index in [1.54, 1.807) is 18.3 Å². The minimum atomic E-state index is -0.249. The first-order chi connectivity index (χ1) is 12.1. The molecule has 126 valence electrons. The summed E-state index contributed by atoms with van der Waals surface area (Å²) in [5.74, 6) is 0.405. The first-order valence-corrected chi connectivity index (χ1v) is 7.79. The molecule has 5 nitrogen and oxygen atoms in total. The molecular formula is C20H18N2O3. The number of methoxy groups -OCH3 is 1. The molecule has 2 aromatic carbocycles. The van der Waals surface area contributed by atoms with E-state index in [0.29, 0.717) is 17.0 Å². The third-order valence-corrected chi connectivity index (χ3v) is 3.77. The van der Waals surface area contributed by atoms with Gasteiger partial charge in [-0.2, -0.15) is 0 Å². The van der Waals surface area contributed by atoms with Crippen LogP contribution < -0.4 is 10.3 Å². The van der Waals surface area contributed by atoms with Crippen LogP contribution in [0.15, 0.2) is 64.4 Å². The Morgan fingerprint density at radius 3 is 2.60 bits per heavy atom. The van der Waals surface area contributed by atoms with Gasteiger partial charge in [-0.05, 0) is 42.3 Å². The van der Waals surface area contributed by atoms with E-state index in [4.69, 9.17) is 4.74 Å². The smallest absolute Gasteiger partial charge is 0.274 e. The van der Waals surface area contributed by atoms with Crippen molar-refractivity contribution < 1.29 is 9.84 Å². The maximum Gasteiger partial charge on any atom is 0.274 e. The molecule has 0 aliphatic rings. The molecule has 25 heavy (non-hydrogen) atoms. The number of ether oxygens (including phenoxy) is 1. The van der Waals surface area contributed by atoms with Crippen LogP contribution in [0, 0.1) is 6.92 Å². The second kappa shape index (κ2) is 7.05. The Morgan fingerprint density at radius 2 is 1.88 bits per heavy atom. The number of H-pyrrole nitrogens is 1. The minimum absolute atomic E-state index is 0.0535. The lowest BCUT2D eigenvalue weighted by atomic mass is 10.0. The fraction of sp³-hybridized carbons (Fsp3) is 0.100. The Balaban J connectivity index is 2.07. The number of aryl methyl sites for hydroxylation is 1. The summed E-state index contributed by atoms with van der Waals surface area (Å²) in [5, 5.41) is 9.66. The number of aliphatic imine (C=N–C) groups is 1. The SMILES string of the molecule is COc1cc(C=Nc2c(-c3ccccc3)cc(C)[nH]c2=O)ccc1O. The molecule has 0 fully saturated rings. The fourth-order valence-corrected chi connectivity index (χ4v) is 2.56. The quantitative estimate of drug-likeness (QED) is 0.712. The van der Waals surface area contributed by atoms with Gasteiger partial charge >= 0.3 is 0 Å². The van der Waals surface area contributed by atoms with Gasteiger partial charge in [-0.3, -0.25) is 4.79 Å². The van der Waals surface area contributed by atoms with Crippen molar-refractivity contribution in [2.45, 2.75) is 6.92 Å². The van der Waals surface area contributed by atoms with Crippen LogP contribution in [-0.2, 0) is 0 Å². The summed E-state index contributed by atoms with van der Waals surface area (Å²) in [6.07, 6.45) is 1.58. The van der Waals surface area contributed by atoms with Crippen molar-refractivity contribution in [3.05, 3.63) is 76.2 Å². The number of aromatic hydroxyl groups is 1. The number of phenolic OH excluding ortho intramolecular Hbond substituents is 1. The van der Waals surface area contributed by atoms with Crippen molar-refractivity contribution in [2.24, 2.45) is 4.99 Å². The molecule has 0 amide bonds. The van der Waals surface area contributed by atoms with E-state index in [1.165, 1.54) is 13.2 Å². The largest absolute Gasteiger partial charge is 0.504 e. The monoisotopic (exact) mass is 334 g/mol. The van der Waals surface area contributed by atoms with Crippen LogP contribution in [-0.4, -0.2) is 23.4 Å². The number of phenols is 1. The number of benzene rings is 2. The average Bonchev–Trinajstić information content (AvgIpc) is 2.62. The molecule has 0 bridgehead atoms. The number of hydrogen-bond acceptors (Lipinski definition) is 4. The highest BCUT2D eigenvalue weighted by molar-refractivity contribution is 5.86. The van der Waals surface area contributed by atoms with Gasteiger partial charge in [0.05, 0.1) is 7.11 Å². The predicted octanol–water partition coefficient (Wildman–Crippen LogP) is 3.82. The molecule has 5 heteroatoms. The van der Waals surface area contributed by atoms with Crippen LogP contribution in [0.1, 0.15) is 11.3 Å². The summed E-state index contributed by atoms with van der Waals surface area (Å²) in [6, 6.07) is 16.4. The van der Waals surface area contributed by atoms with E-state index in [9.17, 15) is 9.90 Å². The van der Waals surface area contributed by atoms with E-state index < -0.39 is 0 Å². The molecule has 0 aliphatic carbocycles. The summed E-state index contributed by atoms with van der Waals surface area (Å²) in [6.45, 7) is 1.84. The average molecular weight is 334 g/mol. The molecule has 3 aromatic rings. The molecule has 2 N–H and O–H groups in total. The van der Waals surface area contributed by atoms with Crippen molar-refractivity contribution >= 4 is 11.9 Å². The number of nitrogens with one attached hydrogen (secondary N) is 1. The van der Waals surface area contributed by atoms with Crippen molar-refractivity contribution in [1.29, 1.82) is 0 Å². The van der Waals surface area contributed by atoms with Gasteiger partial charge < -0.3 is 14.8 Å². The van der Waals surface area contributed by atoms with Crippen molar-refractivity contribution in [3.8, 4) is 22.6 Å². The van der Waals surface area contributed by atoms with Gasteiger partial charge in [0.15, 0.2) is 11.5 Å². The van der Waals surface area contributed by atoms with Crippen LogP contribution >= 0.6 is 0 Å². The molecule has 0 aliphatic heterocycles. The molecule has 1 heterocycles. The molecule has 0 saturated heterocycles. The summed E-state index contributed by atoms with van der Waals surface area (Å²) >= 11 is 0. The van der Waals surface area contributed by atoms with Crippen molar-refractivity contribution in [2.75, 3.05) is 7.11 Å². The summed E-state index contributed by atoms with van der Waals surface area (Å²) in [5.41, 5.74) is 3.27. The third-order valence-electron chi connectivity index (χ3n) is 3.77. The highest BCUT2D eigenvalue weighted by Crippen LogP contribution is 2.28. The highest BCUT2D eigenvalue weighted by atomic mass is 16.5. The lowest BCUT2D eigenvalue weighted by Crippen LogP contribution is -2.08. The van der Waals surface area contributed by atoms with Gasteiger partial charge in [0.1, 0.15) is 5.69 Å². The van der Waals surface area contributed by atoms with Crippen LogP contribution in [0.2, 0.25) is 0 Å². The van der Waals surface area contributed by atoms with E-state index in [0.717, 1.165) is 16.8 Å². The van der Waals surface area contributed by atoms with Gasteiger partial charge in [-0.1, -0.05) is 30.3 Å². The molecule has 1 aromatic heterocycles. The molecule has 0 saturated carbocycles. The standard InChI is InChI=1S/C20H18N2O3/c1-13-10-16(15-6-4-3-5-7-15)19(20(24)22-13)21-12-14-8-9-17(23)18(11-14)25-2/h3-12,23H,1-2H3,(H,22,24). The molecule has 0 atom stereocenters. The van der Waals surface area contributed by atoms with Crippen LogP contribution in [0.5, 0.6) is 11.5 Å².